The fourth-order valence-electron chi connectivity index (χ4n) is 2.78. The Labute approximate surface area is 151 Å². The lowest BCUT2D eigenvalue weighted by Gasteiger charge is -2.05. The van der Waals surface area contributed by atoms with Crippen LogP contribution in [0.1, 0.15) is 0 Å². The summed E-state index contributed by atoms with van der Waals surface area (Å²) < 4.78 is 7.42. The van der Waals surface area contributed by atoms with Gasteiger partial charge < -0.3 is 14.8 Å². The first-order chi connectivity index (χ1) is 13.3. The molecule has 0 atom stereocenters. The number of aromatic amines is 1. The minimum Gasteiger partial charge on any atom is -0.434 e. The molecule has 0 unspecified atom stereocenters. The van der Waals surface area contributed by atoms with Crippen LogP contribution in [0.25, 0.3) is 33.8 Å². The number of aromatic nitrogens is 7. The maximum absolute atomic E-state index is 9.02. The Kier molecular flexibility index (Phi) is 3.54. The quantitative estimate of drug-likeness (QED) is 0.433. The van der Waals surface area contributed by atoms with Gasteiger partial charge in [0.1, 0.15) is 16.6 Å². The molecule has 4 heterocycles. The molecule has 5 rings (SSSR count). The summed E-state index contributed by atoms with van der Waals surface area (Å²) in [6.45, 7) is 0.431. The SMILES string of the molecule is OCCn1cc(Nc2nc(-c3nc4ccccc4o3)nc3cn[nH]c23)cn1. The molecule has 1 aromatic carbocycles. The van der Waals surface area contributed by atoms with Gasteiger partial charge in [0.05, 0.1) is 31.2 Å². The first-order valence-electron chi connectivity index (χ1n) is 8.27. The van der Waals surface area contributed by atoms with E-state index < -0.39 is 0 Å². The Balaban J connectivity index is 1.58. The summed E-state index contributed by atoms with van der Waals surface area (Å²) in [6.07, 6.45) is 5.04. The number of para-hydroxylation sites is 2. The molecule has 134 valence electrons. The largest absolute Gasteiger partial charge is 0.434 e. The molecule has 0 fully saturated rings. The number of benzene rings is 1. The Bertz CT molecular complexity index is 1210. The van der Waals surface area contributed by atoms with Crippen LogP contribution in [-0.4, -0.2) is 46.6 Å². The molecule has 4 aromatic heterocycles. The second-order valence-corrected chi connectivity index (χ2v) is 5.85. The molecule has 5 aromatic rings. The third kappa shape index (κ3) is 2.77. The number of hydrogen-bond donors (Lipinski definition) is 3. The van der Waals surface area contributed by atoms with Gasteiger partial charge in [-0.3, -0.25) is 9.78 Å². The smallest absolute Gasteiger partial charge is 0.266 e. The van der Waals surface area contributed by atoms with Gasteiger partial charge in [-0.2, -0.15) is 10.2 Å². The number of rotatable bonds is 5. The summed E-state index contributed by atoms with van der Waals surface area (Å²) in [4.78, 5) is 13.5. The molecule has 0 amide bonds. The second kappa shape index (κ2) is 6.18. The summed E-state index contributed by atoms with van der Waals surface area (Å²) in [5.41, 5.74) is 3.42. The molecule has 0 aliphatic carbocycles. The van der Waals surface area contributed by atoms with E-state index in [9.17, 15) is 0 Å². The number of hydrogen-bond acceptors (Lipinski definition) is 8. The van der Waals surface area contributed by atoms with Crippen LogP contribution in [-0.2, 0) is 6.54 Å². The number of oxazole rings is 1. The number of aliphatic hydroxyl groups is 1. The van der Waals surface area contributed by atoms with Crippen molar-refractivity contribution in [2.45, 2.75) is 6.54 Å². The molecule has 0 aliphatic heterocycles. The molecule has 0 radical (unpaired) electrons. The Morgan fingerprint density at radius 1 is 1.11 bits per heavy atom. The second-order valence-electron chi connectivity index (χ2n) is 5.85. The topological polar surface area (TPSA) is 131 Å². The molecule has 0 saturated heterocycles. The average Bonchev–Trinajstić information content (AvgIpc) is 3.40. The molecule has 0 aliphatic rings. The van der Waals surface area contributed by atoms with Crippen molar-refractivity contribution in [3.05, 3.63) is 42.9 Å². The number of nitrogens with zero attached hydrogens (tertiary/aromatic N) is 6. The van der Waals surface area contributed by atoms with Crippen molar-refractivity contribution in [2.75, 3.05) is 11.9 Å². The molecule has 3 N–H and O–H groups in total. The van der Waals surface area contributed by atoms with Gasteiger partial charge in [-0.05, 0) is 12.1 Å². The number of nitrogens with one attached hydrogen (secondary N) is 2. The highest BCUT2D eigenvalue weighted by molar-refractivity contribution is 5.88. The fraction of sp³-hybridized carbons (Fsp3) is 0.118. The van der Waals surface area contributed by atoms with Crippen LogP contribution in [0.15, 0.2) is 47.3 Å². The summed E-state index contributed by atoms with van der Waals surface area (Å²) >= 11 is 0. The number of H-pyrrole nitrogens is 1. The third-order valence-electron chi connectivity index (χ3n) is 4.01. The van der Waals surface area contributed by atoms with Crippen molar-refractivity contribution >= 4 is 33.6 Å². The molecular formula is C17H14N8O2. The van der Waals surface area contributed by atoms with Crippen molar-refractivity contribution < 1.29 is 9.52 Å². The molecule has 0 bridgehead atoms. The van der Waals surface area contributed by atoms with Crippen molar-refractivity contribution in [3.8, 4) is 11.7 Å². The summed E-state index contributed by atoms with van der Waals surface area (Å²) in [7, 11) is 0. The highest BCUT2D eigenvalue weighted by atomic mass is 16.3. The van der Waals surface area contributed by atoms with E-state index in [2.05, 4.69) is 35.6 Å². The van der Waals surface area contributed by atoms with E-state index in [1.54, 1.807) is 23.3 Å². The van der Waals surface area contributed by atoms with E-state index in [1.165, 1.54) is 0 Å². The highest BCUT2D eigenvalue weighted by Gasteiger charge is 2.16. The molecule has 0 spiro atoms. The first-order valence-corrected chi connectivity index (χ1v) is 8.27. The minimum absolute atomic E-state index is 0.0152. The number of anilines is 2. The average molecular weight is 362 g/mol. The van der Waals surface area contributed by atoms with Gasteiger partial charge in [-0.15, -0.1) is 0 Å². The van der Waals surface area contributed by atoms with E-state index in [1.807, 2.05) is 24.3 Å². The zero-order valence-corrected chi connectivity index (χ0v) is 14.0. The van der Waals surface area contributed by atoms with Crippen molar-refractivity contribution in [1.82, 2.24) is 34.9 Å². The predicted molar refractivity (Wildman–Crippen MR) is 97.3 cm³/mol. The van der Waals surface area contributed by atoms with Crippen molar-refractivity contribution in [2.24, 2.45) is 0 Å². The predicted octanol–water partition coefficient (Wildman–Crippen LogP) is 2.09. The maximum atomic E-state index is 9.02. The fourth-order valence-corrected chi connectivity index (χ4v) is 2.78. The van der Waals surface area contributed by atoms with E-state index >= 15 is 0 Å². The molecule has 10 nitrogen and oxygen atoms in total. The molecule has 10 heteroatoms. The van der Waals surface area contributed by atoms with Gasteiger partial charge in [-0.25, -0.2) is 15.0 Å². The van der Waals surface area contributed by atoms with E-state index in [0.29, 0.717) is 40.7 Å². The van der Waals surface area contributed by atoms with Gasteiger partial charge in [0, 0.05) is 6.20 Å². The maximum Gasteiger partial charge on any atom is 0.266 e. The van der Waals surface area contributed by atoms with Crippen molar-refractivity contribution in [1.29, 1.82) is 0 Å². The standard InChI is InChI=1S/C17H14N8O2/c26-6-5-25-9-10(7-19-25)20-15-14-12(8-18-24-14)21-16(23-15)17-22-11-3-1-2-4-13(11)27-17/h1-4,7-9,26H,5-6H2,(H,18,24)(H,20,21,23). The summed E-state index contributed by atoms with van der Waals surface area (Å²) in [6, 6.07) is 7.49. The Morgan fingerprint density at radius 2 is 2.04 bits per heavy atom. The van der Waals surface area contributed by atoms with Gasteiger partial charge in [-0.1, -0.05) is 12.1 Å². The minimum atomic E-state index is 0.0152. The van der Waals surface area contributed by atoms with Crippen molar-refractivity contribution in [3.63, 3.8) is 0 Å². The van der Waals surface area contributed by atoms with Crippen LogP contribution in [0.4, 0.5) is 11.5 Å². The van der Waals surface area contributed by atoms with Gasteiger partial charge in [0.15, 0.2) is 11.4 Å². The van der Waals surface area contributed by atoms with Gasteiger partial charge in [0.2, 0.25) is 5.82 Å². The molecule has 27 heavy (non-hydrogen) atoms. The van der Waals surface area contributed by atoms with Gasteiger partial charge >= 0.3 is 0 Å². The monoisotopic (exact) mass is 362 g/mol. The van der Waals surface area contributed by atoms with Crippen LogP contribution in [0.2, 0.25) is 0 Å². The van der Waals surface area contributed by atoms with Crippen LogP contribution in [0, 0.1) is 0 Å². The molecular weight excluding hydrogens is 348 g/mol. The van der Waals surface area contributed by atoms with E-state index in [-0.39, 0.29) is 6.61 Å². The lowest BCUT2D eigenvalue weighted by molar-refractivity contribution is 0.269. The number of fused-ring (bicyclic) bond motifs is 2. The van der Waals surface area contributed by atoms with Crippen LogP contribution in [0.5, 0.6) is 0 Å². The lowest BCUT2D eigenvalue weighted by atomic mass is 10.3. The molecule has 0 saturated carbocycles. The zero-order chi connectivity index (χ0) is 18.2. The summed E-state index contributed by atoms with van der Waals surface area (Å²) in [5, 5.41) is 23.3. The van der Waals surface area contributed by atoms with E-state index in [4.69, 9.17) is 9.52 Å². The highest BCUT2D eigenvalue weighted by Crippen LogP contribution is 2.27. The third-order valence-corrected chi connectivity index (χ3v) is 4.01. The zero-order valence-electron chi connectivity index (χ0n) is 14.0. The van der Waals surface area contributed by atoms with Crippen LogP contribution in [0.3, 0.4) is 0 Å². The van der Waals surface area contributed by atoms with E-state index in [0.717, 1.165) is 11.2 Å². The van der Waals surface area contributed by atoms with Crippen LogP contribution < -0.4 is 5.32 Å². The normalized spacial score (nSPS) is 11.4. The van der Waals surface area contributed by atoms with Gasteiger partial charge in [0.25, 0.3) is 5.89 Å². The lowest BCUT2D eigenvalue weighted by Crippen LogP contribution is -2.02. The van der Waals surface area contributed by atoms with Crippen LogP contribution >= 0.6 is 0 Å². The first kappa shape index (κ1) is 15.5. The Morgan fingerprint density at radius 3 is 2.93 bits per heavy atom. The summed E-state index contributed by atoms with van der Waals surface area (Å²) in [5.74, 6) is 1.21. The Hall–Kier alpha value is -3.79. The number of aliphatic hydroxyl groups excluding tert-OH is 1.